The molecule has 8 unspecified atom stereocenters. The van der Waals surface area contributed by atoms with Crippen molar-refractivity contribution in [2.45, 2.75) is 83.3 Å². The van der Waals surface area contributed by atoms with Gasteiger partial charge in [-0.2, -0.15) is 0 Å². The maximum atomic E-state index is 14.9. The Morgan fingerprint density at radius 3 is 2.17 bits per heavy atom. The molecular weight excluding hydrogens is 584 g/mol. The van der Waals surface area contributed by atoms with E-state index >= 15 is 0 Å². The average Bonchev–Trinajstić information content (AvgIpc) is 3.34. The number of carbonyl (C=O) groups excluding carboxylic acids is 2. The summed E-state index contributed by atoms with van der Waals surface area (Å²) < 4.78 is 0. The number of primary amides is 1. The van der Waals surface area contributed by atoms with Gasteiger partial charge in [0.1, 0.15) is 0 Å². The molecule has 7 aliphatic rings. The zero-order valence-corrected chi connectivity index (χ0v) is 28.0. The van der Waals surface area contributed by atoms with Gasteiger partial charge in [-0.1, -0.05) is 86.7 Å². The second-order valence-electron chi connectivity index (χ2n) is 16.5. The molecule has 1 saturated heterocycles. The van der Waals surface area contributed by atoms with Crippen LogP contribution in [0.25, 0.3) is 11.1 Å². The van der Waals surface area contributed by atoms with Crippen LogP contribution in [0.5, 0.6) is 0 Å². The van der Waals surface area contributed by atoms with Crippen molar-refractivity contribution in [3.8, 4) is 11.1 Å². The molecule has 2 aromatic rings. The van der Waals surface area contributed by atoms with E-state index in [-0.39, 0.29) is 51.8 Å². The number of piperidine rings is 1. The molecule has 1 amide bonds. The van der Waals surface area contributed by atoms with E-state index in [0.29, 0.717) is 24.9 Å². The number of amides is 1. The van der Waals surface area contributed by atoms with Crippen molar-refractivity contribution < 1.29 is 19.8 Å². The highest BCUT2D eigenvalue weighted by Crippen LogP contribution is 2.78. The first-order chi connectivity index (χ1) is 22.4. The van der Waals surface area contributed by atoms with Gasteiger partial charge >= 0.3 is 0 Å². The van der Waals surface area contributed by atoms with Gasteiger partial charge in [0.15, 0.2) is 5.78 Å². The van der Waals surface area contributed by atoms with Gasteiger partial charge in [-0.3, -0.25) is 9.59 Å². The second-order valence-corrected chi connectivity index (χ2v) is 16.5. The van der Waals surface area contributed by atoms with E-state index in [0.717, 1.165) is 74.7 Å². The van der Waals surface area contributed by atoms with Crippen molar-refractivity contribution in [3.05, 3.63) is 84.0 Å². The molecule has 6 nitrogen and oxygen atoms in total. The predicted octanol–water partition coefficient (Wildman–Crippen LogP) is 6.32. The molecule has 1 heterocycles. The van der Waals surface area contributed by atoms with E-state index in [1.165, 1.54) is 0 Å². The van der Waals surface area contributed by atoms with Crippen LogP contribution in [0.4, 0.5) is 0 Å². The summed E-state index contributed by atoms with van der Waals surface area (Å²) in [5.41, 5.74) is 7.32. The quantitative estimate of drug-likeness (QED) is 0.255. The zero-order valence-electron chi connectivity index (χ0n) is 28.0. The summed E-state index contributed by atoms with van der Waals surface area (Å²) in [5.74, 6) is 0.195. The van der Waals surface area contributed by atoms with E-state index in [1.54, 1.807) is 0 Å². The number of benzene rings is 2. The zero-order chi connectivity index (χ0) is 32.8. The summed E-state index contributed by atoms with van der Waals surface area (Å²) in [4.78, 5) is 29.1. The Morgan fingerprint density at radius 2 is 1.47 bits per heavy atom. The summed E-state index contributed by atoms with van der Waals surface area (Å²) in [5, 5.41) is 23.7. The smallest absolute Gasteiger partial charge is 0.220 e. The van der Waals surface area contributed by atoms with Gasteiger partial charge in [-0.15, -0.1) is 0 Å². The number of nitrogens with two attached hydrogens (primary N) is 1. The third kappa shape index (κ3) is 4.33. The molecule has 2 aromatic carbocycles. The summed E-state index contributed by atoms with van der Waals surface area (Å²) >= 11 is 0. The van der Waals surface area contributed by atoms with Crippen LogP contribution in [-0.4, -0.2) is 58.1 Å². The molecule has 2 spiro atoms. The minimum Gasteiger partial charge on any atom is -0.393 e. The van der Waals surface area contributed by atoms with Crippen molar-refractivity contribution >= 4 is 11.7 Å². The fourth-order valence-corrected chi connectivity index (χ4v) is 11.9. The van der Waals surface area contributed by atoms with Crippen molar-refractivity contribution in [1.29, 1.82) is 0 Å². The molecule has 0 radical (unpaired) electrons. The monoisotopic (exact) mass is 634 g/mol. The number of hydrogen-bond donors (Lipinski definition) is 3. The van der Waals surface area contributed by atoms with Gasteiger partial charge in [0.2, 0.25) is 5.91 Å². The van der Waals surface area contributed by atoms with E-state index in [9.17, 15) is 19.8 Å². The molecular formula is C41H50N2O4. The Balaban J connectivity index is 1.18. The molecule has 0 aromatic heterocycles. The van der Waals surface area contributed by atoms with Gasteiger partial charge in [0.05, 0.1) is 11.7 Å². The number of aliphatic hydroxyl groups excluding tert-OH is 1. The van der Waals surface area contributed by atoms with Gasteiger partial charge in [-0.25, -0.2) is 0 Å². The Labute approximate surface area is 279 Å². The maximum Gasteiger partial charge on any atom is 0.220 e. The minimum absolute atomic E-state index is 0.0550. The second kappa shape index (κ2) is 10.7. The number of aliphatic hydroxyl groups is 2. The molecule has 3 saturated carbocycles. The molecule has 1 aliphatic heterocycles. The van der Waals surface area contributed by atoms with Crippen molar-refractivity contribution in [1.82, 2.24) is 4.90 Å². The largest absolute Gasteiger partial charge is 0.393 e. The highest BCUT2D eigenvalue weighted by atomic mass is 16.3. The number of rotatable bonds is 6. The molecule has 2 bridgehead atoms. The highest BCUT2D eigenvalue weighted by molar-refractivity contribution is 6.10. The lowest BCUT2D eigenvalue weighted by Crippen LogP contribution is -2.67. The van der Waals surface area contributed by atoms with Crippen LogP contribution in [0.1, 0.15) is 82.0 Å². The van der Waals surface area contributed by atoms with E-state index < -0.39 is 11.0 Å². The van der Waals surface area contributed by atoms with Gasteiger partial charge in [0.25, 0.3) is 0 Å². The molecule has 47 heavy (non-hydrogen) atoms. The van der Waals surface area contributed by atoms with Crippen LogP contribution in [0.3, 0.4) is 0 Å². The number of hydrogen-bond acceptors (Lipinski definition) is 5. The number of β-amino-alcohol motifs (C(OH)–C–C–N with tert-alkyl or cyclic N) is 1. The Morgan fingerprint density at radius 1 is 0.830 bits per heavy atom. The molecule has 248 valence electrons. The highest BCUT2D eigenvalue weighted by Gasteiger charge is 2.74. The number of likely N-dealkylation sites (tertiary alicyclic amines) is 1. The van der Waals surface area contributed by atoms with Crippen LogP contribution < -0.4 is 5.73 Å². The minimum atomic E-state index is -0.883. The van der Waals surface area contributed by atoms with Gasteiger partial charge in [0, 0.05) is 39.8 Å². The van der Waals surface area contributed by atoms with Crippen LogP contribution in [0.15, 0.2) is 78.4 Å². The number of allylic oxidation sites excluding steroid dienone is 4. The first-order valence-corrected chi connectivity index (χ1v) is 18.0. The Kier molecular flexibility index (Phi) is 7.12. The maximum absolute atomic E-state index is 14.9. The SMILES string of the molecule is CC12CCC(O)CC13C=CC1(C(C(=O)c4ccc(-c5ccccc5)cc4)=C3)C2CCC2(C)C1CCC2(O)CN1CCC(C(N)=O)CC1. The van der Waals surface area contributed by atoms with Crippen molar-refractivity contribution in [2.24, 2.45) is 45.1 Å². The third-order valence-electron chi connectivity index (χ3n) is 14.7. The summed E-state index contributed by atoms with van der Waals surface area (Å²) in [6, 6.07) is 18.3. The fourth-order valence-electron chi connectivity index (χ4n) is 11.9. The van der Waals surface area contributed by atoms with Crippen LogP contribution >= 0.6 is 0 Å². The standard InChI is InChI=1S/C41H50N2O4/c1-37-17-12-31(44)24-39(37)20-21-41(32(25-39)35(45)29-10-8-28(9-11-29)27-6-4-3-5-7-27)33(37)13-18-38(2)34(41)14-19-40(38,47)26-43-22-15-30(16-23-43)36(42)46/h3-11,20-21,25,30-31,33-34,44,47H,12-19,22-24,26H2,1-2H3,(H2,42,46). The molecule has 6 heteroatoms. The predicted molar refractivity (Wildman–Crippen MR) is 183 cm³/mol. The Hall–Kier alpha value is -3.06. The topological polar surface area (TPSA) is 104 Å². The van der Waals surface area contributed by atoms with Crippen LogP contribution in [0.2, 0.25) is 0 Å². The first-order valence-electron chi connectivity index (χ1n) is 18.0. The van der Waals surface area contributed by atoms with E-state index in [4.69, 9.17) is 5.73 Å². The summed E-state index contributed by atoms with van der Waals surface area (Å²) in [6.07, 6.45) is 14.0. The van der Waals surface area contributed by atoms with Crippen LogP contribution in [0, 0.1) is 39.4 Å². The lowest BCUT2D eigenvalue weighted by atomic mass is 9.32. The normalized spacial score (nSPS) is 41.1. The van der Waals surface area contributed by atoms with Gasteiger partial charge in [-0.05, 0) is 99.3 Å². The molecule has 9 rings (SSSR count). The average molecular weight is 635 g/mol. The molecule has 4 fully saturated rings. The number of nitrogens with zero attached hydrogens (tertiary/aromatic N) is 1. The molecule has 6 aliphatic carbocycles. The van der Waals surface area contributed by atoms with E-state index in [2.05, 4.69) is 61.2 Å². The number of Topliss-reactive ketones (excluding diaryl/α,β-unsaturated/α-hetero) is 1. The van der Waals surface area contributed by atoms with Crippen molar-refractivity contribution in [3.63, 3.8) is 0 Å². The molecule has 8 atom stereocenters. The molecule has 4 N–H and O–H groups in total. The number of carbonyl (C=O) groups is 2. The lowest BCUT2D eigenvalue weighted by Gasteiger charge is -2.71. The number of ketones is 1. The third-order valence-corrected chi connectivity index (χ3v) is 14.7. The van der Waals surface area contributed by atoms with Crippen molar-refractivity contribution in [2.75, 3.05) is 19.6 Å². The fraction of sp³-hybridized carbons (Fsp3) is 0.561. The number of fused-ring (bicyclic) bond motifs is 1. The summed E-state index contributed by atoms with van der Waals surface area (Å²) in [6.45, 7) is 6.88. The van der Waals surface area contributed by atoms with Crippen LogP contribution in [-0.2, 0) is 4.79 Å². The first kappa shape index (κ1) is 31.2. The summed E-state index contributed by atoms with van der Waals surface area (Å²) in [7, 11) is 0. The van der Waals surface area contributed by atoms with Gasteiger partial charge < -0.3 is 20.8 Å². The Bertz CT molecular complexity index is 1640. The lowest BCUT2D eigenvalue weighted by molar-refractivity contribution is -0.177. The van der Waals surface area contributed by atoms with E-state index in [1.807, 2.05) is 30.3 Å².